The molecule has 0 amide bonds. The molecule has 0 radical (unpaired) electrons. The highest BCUT2D eigenvalue weighted by Crippen LogP contribution is 2.29. The fraction of sp³-hybridized carbons (Fsp3) is 0.556. The minimum atomic E-state index is -0.277. The average molecular weight is 306 g/mol. The topological polar surface area (TPSA) is 52.6 Å². The number of Topliss-reactive ketones (excluding diaryl/α,β-unsaturated/α-hetero) is 1. The molecule has 22 heavy (non-hydrogen) atoms. The van der Waals surface area contributed by atoms with Crippen molar-refractivity contribution in [3.63, 3.8) is 0 Å². The van der Waals surface area contributed by atoms with Crippen LogP contribution in [0.1, 0.15) is 59.7 Å². The second-order valence-corrected chi connectivity index (χ2v) is 5.52. The van der Waals surface area contributed by atoms with Gasteiger partial charge in [-0.15, -0.1) is 0 Å². The number of carbonyl (C=O) groups is 2. The number of hydrogen-bond donors (Lipinski definition) is 0. The van der Waals surface area contributed by atoms with Crippen LogP contribution in [0, 0.1) is 20.8 Å². The van der Waals surface area contributed by atoms with Gasteiger partial charge in [0.05, 0.1) is 13.7 Å². The number of esters is 1. The predicted molar refractivity (Wildman–Crippen MR) is 86.6 cm³/mol. The molecule has 0 aliphatic rings. The van der Waals surface area contributed by atoms with Crippen molar-refractivity contribution in [1.29, 1.82) is 0 Å². The summed E-state index contributed by atoms with van der Waals surface area (Å²) in [6, 6.07) is 1.94. The van der Waals surface area contributed by atoms with Gasteiger partial charge in [-0.3, -0.25) is 9.59 Å². The van der Waals surface area contributed by atoms with E-state index in [1.807, 2.05) is 26.8 Å². The fourth-order valence-electron chi connectivity index (χ4n) is 2.46. The summed E-state index contributed by atoms with van der Waals surface area (Å²) in [5.74, 6) is 0.646. The highest BCUT2D eigenvalue weighted by Gasteiger charge is 2.17. The summed E-state index contributed by atoms with van der Waals surface area (Å²) in [6.45, 7) is 8.60. The van der Waals surface area contributed by atoms with Gasteiger partial charge in [0.1, 0.15) is 5.75 Å². The fourth-order valence-corrected chi connectivity index (χ4v) is 2.46. The van der Waals surface area contributed by atoms with Gasteiger partial charge in [-0.1, -0.05) is 6.92 Å². The van der Waals surface area contributed by atoms with Crippen LogP contribution in [0.15, 0.2) is 6.07 Å². The van der Waals surface area contributed by atoms with Gasteiger partial charge in [0, 0.05) is 18.4 Å². The second kappa shape index (κ2) is 8.57. The molecule has 4 nitrogen and oxygen atoms in total. The summed E-state index contributed by atoms with van der Waals surface area (Å²) in [5, 5.41) is 0. The molecule has 0 unspecified atom stereocenters. The zero-order chi connectivity index (χ0) is 16.7. The lowest BCUT2D eigenvalue weighted by molar-refractivity contribution is -0.140. The molecule has 0 aliphatic carbocycles. The zero-order valence-corrected chi connectivity index (χ0v) is 14.2. The van der Waals surface area contributed by atoms with Crippen LogP contribution in [-0.4, -0.2) is 25.5 Å². The maximum absolute atomic E-state index is 12.4. The molecule has 122 valence electrons. The van der Waals surface area contributed by atoms with Crippen LogP contribution in [0.4, 0.5) is 0 Å². The molecule has 1 rings (SSSR count). The SMILES string of the molecule is CCCOc1cc(C)c(C(=O)CCCC(=O)OC)c(C)c1C. The molecule has 0 saturated heterocycles. The van der Waals surface area contributed by atoms with E-state index in [2.05, 4.69) is 11.7 Å². The molecule has 0 heterocycles. The summed E-state index contributed by atoms with van der Waals surface area (Å²) >= 11 is 0. The van der Waals surface area contributed by atoms with Crippen molar-refractivity contribution in [2.45, 2.75) is 53.4 Å². The minimum absolute atomic E-state index is 0.0732. The molecule has 0 bridgehead atoms. The first kappa shape index (κ1) is 18.2. The van der Waals surface area contributed by atoms with Crippen molar-refractivity contribution < 1.29 is 19.1 Å². The van der Waals surface area contributed by atoms with Crippen LogP contribution < -0.4 is 4.74 Å². The number of ketones is 1. The Hall–Kier alpha value is -1.84. The summed E-state index contributed by atoms with van der Waals surface area (Å²) in [6.07, 6.45) is 2.09. The standard InChI is InChI=1S/C18H26O4/c1-6-10-22-16-11-12(2)18(14(4)13(16)3)15(19)8-7-9-17(20)21-5/h11H,6-10H2,1-5H3. The Morgan fingerprint density at radius 1 is 1.09 bits per heavy atom. The van der Waals surface area contributed by atoms with E-state index in [-0.39, 0.29) is 18.2 Å². The monoisotopic (exact) mass is 306 g/mol. The lowest BCUT2D eigenvalue weighted by atomic mass is 9.92. The highest BCUT2D eigenvalue weighted by atomic mass is 16.5. The number of methoxy groups -OCH3 is 1. The van der Waals surface area contributed by atoms with E-state index >= 15 is 0 Å². The Morgan fingerprint density at radius 2 is 1.77 bits per heavy atom. The predicted octanol–water partition coefficient (Wildman–Crippen LogP) is 3.93. The summed E-state index contributed by atoms with van der Waals surface area (Å²) in [4.78, 5) is 23.6. The Balaban J connectivity index is 2.88. The first-order valence-electron chi connectivity index (χ1n) is 7.75. The molecule has 0 N–H and O–H groups in total. The van der Waals surface area contributed by atoms with Crippen LogP contribution >= 0.6 is 0 Å². The lowest BCUT2D eigenvalue weighted by Gasteiger charge is -2.16. The molecule has 0 fully saturated rings. The van der Waals surface area contributed by atoms with Gasteiger partial charge in [-0.25, -0.2) is 0 Å². The molecule has 1 aromatic carbocycles. The van der Waals surface area contributed by atoms with Crippen molar-refractivity contribution in [1.82, 2.24) is 0 Å². The third-order valence-corrected chi connectivity index (χ3v) is 3.80. The first-order chi connectivity index (χ1) is 10.4. The quantitative estimate of drug-likeness (QED) is 0.539. The van der Waals surface area contributed by atoms with Crippen LogP contribution in [-0.2, 0) is 9.53 Å². The van der Waals surface area contributed by atoms with E-state index in [4.69, 9.17) is 4.74 Å². The lowest BCUT2D eigenvalue weighted by Crippen LogP contribution is -2.09. The van der Waals surface area contributed by atoms with Gasteiger partial charge >= 0.3 is 5.97 Å². The molecule has 1 aromatic rings. The normalized spacial score (nSPS) is 10.4. The van der Waals surface area contributed by atoms with E-state index in [0.717, 1.165) is 34.4 Å². The zero-order valence-electron chi connectivity index (χ0n) is 14.2. The number of ether oxygens (including phenoxy) is 2. The van der Waals surface area contributed by atoms with E-state index in [1.54, 1.807) is 0 Å². The molecule has 4 heteroatoms. The van der Waals surface area contributed by atoms with E-state index in [0.29, 0.717) is 19.4 Å². The van der Waals surface area contributed by atoms with E-state index in [1.165, 1.54) is 7.11 Å². The van der Waals surface area contributed by atoms with Crippen LogP contribution in [0.5, 0.6) is 5.75 Å². The molecular weight excluding hydrogens is 280 g/mol. The van der Waals surface area contributed by atoms with Crippen LogP contribution in [0.2, 0.25) is 0 Å². The van der Waals surface area contributed by atoms with Crippen LogP contribution in [0.3, 0.4) is 0 Å². The van der Waals surface area contributed by atoms with Gasteiger partial charge in [-0.05, 0) is 56.4 Å². The van der Waals surface area contributed by atoms with Gasteiger partial charge in [-0.2, -0.15) is 0 Å². The van der Waals surface area contributed by atoms with Crippen molar-refractivity contribution >= 4 is 11.8 Å². The van der Waals surface area contributed by atoms with Crippen LogP contribution in [0.25, 0.3) is 0 Å². The maximum Gasteiger partial charge on any atom is 0.305 e. The smallest absolute Gasteiger partial charge is 0.305 e. The second-order valence-electron chi connectivity index (χ2n) is 5.52. The van der Waals surface area contributed by atoms with Gasteiger partial charge in [0.25, 0.3) is 0 Å². The first-order valence-corrected chi connectivity index (χ1v) is 7.75. The summed E-state index contributed by atoms with van der Waals surface area (Å²) in [5.41, 5.74) is 3.66. The largest absolute Gasteiger partial charge is 0.493 e. The third kappa shape index (κ3) is 4.58. The van der Waals surface area contributed by atoms with Gasteiger partial charge < -0.3 is 9.47 Å². The highest BCUT2D eigenvalue weighted by molar-refractivity contribution is 5.99. The number of aryl methyl sites for hydroxylation is 1. The Bertz CT molecular complexity index is 547. The number of hydrogen-bond acceptors (Lipinski definition) is 4. The molecule has 0 aliphatic heterocycles. The number of benzene rings is 1. The Labute approximate surface area is 132 Å². The maximum atomic E-state index is 12.4. The van der Waals surface area contributed by atoms with Crippen molar-refractivity contribution in [3.8, 4) is 5.75 Å². The minimum Gasteiger partial charge on any atom is -0.493 e. The van der Waals surface area contributed by atoms with Gasteiger partial charge in [0.2, 0.25) is 0 Å². The average Bonchev–Trinajstić information content (AvgIpc) is 2.49. The molecule has 0 saturated carbocycles. The van der Waals surface area contributed by atoms with Crippen molar-refractivity contribution in [2.75, 3.05) is 13.7 Å². The van der Waals surface area contributed by atoms with Crippen molar-refractivity contribution in [2.24, 2.45) is 0 Å². The molecule has 0 aromatic heterocycles. The number of rotatable bonds is 8. The van der Waals surface area contributed by atoms with E-state index < -0.39 is 0 Å². The summed E-state index contributed by atoms with van der Waals surface area (Å²) in [7, 11) is 1.36. The Morgan fingerprint density at radius 3 is 2.36 bits per heavy atom. The molecule has 0 spiro atoms. The molecule has 0 atom stereocenters. The van der Waals surface area contributed by atoms with Gasteiger partial charge in [0.15, 0.2) is 5.78 Å². The Kier molecular flexibility index (Phi) is 7.09. The van der Waals surface area contributed by atoms with Crippen molar-refractivity contribution in [3.05, 3.63) is 28.3 Å². The molecular formula is C18H26O4. The summed E-state index contributed by atoms with van der Waals surface area (Å²) < 4.78 is 10.3. The van der Waals surface area contributed by atoms with E-state index in [9.17, 15) is 9.59 Å². The number of carbonyl (C=O) groups excluding carboxylic acids is 2. The third-order valence-electron chi connectivity index (χ3n) is 3.80.